The van der Waals surface area contributed by atoms with E-state index in [1.807, 2.05) is 48.5 Å². The van der Waals surface area contributed by atoms with Crippen LogP contribution in [0.1, 0.15) is 28.3 Å². The van der Waals surface area contributed by atoms with E-state index in [4.69, 9.17) is 0 Å². The van der Waals surface area contributed by atoms with E-state index in [9.17, 15) is 9.59 Å². The van der Waals surface area contributed by atoms with Gasteiger partial charge in [0, 0.05) is 17.5 Å². The predicted octanol–water partition coefficient (Wildman–Crippen LogP) is 4.44. The predicted molar refractivity (Wildman–Crippen MR) is 119 cm³/mol. The van der Waals surface area contributed by atoms with E-state index in [2.05, 4.69) is 21.2 Å². The Balaban J connectivity index is 1.91. The number of H-pyrrole nitrogens is 2. The van der Waals surface area contributed by atoms with E-state index in [-0.39, 0.29) is 11.3 Å². The number of benzene rings is 2. The minimum atomic E-state index is -0.226. The standard InChI is InChI=1S/C23H21N3O2S/c1-29-14-8-13-17-24-22-19(23(28)25-17)18(15-9-4-2-5-10-15)20(26-22)21(27)16-11-6-3-7-12-16/h2-7,9-12H,8,13-14H2,1H3,(H2,24,25,26,28). The van der Waals surface area contributed by atoms with Crippen LogP contribution in [-0.4, -0.2) is 32.7 Å². The van der Waals surface area contributed by atoms with Gasteiger partial charge in [-0.15, -0.1) is 0 Å². The first kappa shape index (κ1) is 19.2. The molecular weight excluding hydrogens is 382 g/mol. The Morgan fingerprint density at radius 2 is 1.69 bits per heavy atom. The maximum atomic E-state index is 13.2. The Bertz CT molecular complexity index is 1200. The number of aromatic amines is 2. The van der Waals surface area contributed by atoms with Crippen molar-refractivity contribution in [3.8, 4) is 11.1 Å². The average Bonchev–Trinajstić information content (AvgIpc) is 3.15. The second kappa shape index (κ2) is 8.49. The zero-order chi connectivity index (χ0) is 20.2. The molecule has 4 rings (SSSR count). The first-order chi connectivity index (χ1) is 14.2. The summed E-state index contributed by atoms with van der Waals surface area (Å²) in [5.74, 6) is 1.47. The zero-order valence-electron chi connectivity index (χ0n) is 16.1. The summed E-state index contributed by atoms with van der Waals surface area (Å²) >= 11 is 1.76. The summed E-state index contributed by atoms with van der Waals surface area (Å²) in [6, 6.07) is 18.6. The molecule has 0 unspecified atom stereocenters. The van der Waals surface area contributed by atoms with E-state index >= 15 is 0 Å². The number of nitrogens with zero attached hydrogens (tertiary/aromatic N) is 1. The molecule has 0 fully saturated rings. The Kier molecular flexibility index (Phi) is 5.62. The first-order valence-electron chi connectivity index (χ1n) is 9.48. The van der Waals surface area contributed by atoms with Crippen molar-refractivity contribution in [1.82, 2.24) is 15.0 Å². The average molecular weight is 404 g/mol. The summed E-state index contributed by atoms with van der Waals surface area (Å²) in [5.41, 5.74) is 2.58. The van der Waals surface area contributed by atoms with Gasteiger partial charge in [0.05, 0.1) is 11.1 Å². The normalized spacial score (nSPS) is 11.1. The van der Waals surface area contributed by atoms with Crippen molar-refractivity contribution < 1.29 is 4.79 Å². The number of hydrogen-bond acceptors (Lipinski definition) is 4. The molecule has 0 aliphatic carbocycles. The third-order valence-electron chi connectivity index (χ3n) is 4.80. The lowest BCUT2D eigenvalue weighted by Gasteiger charge is -2.05. The summed E-state index contributed by atoms with van der Waals surface area (Å²) in [6.07, 6.45) is 3.67. The monoisotopic (exact) mass is 403 g/mol. The van der Waals surface area contributed by atoms with Gasteiger partial charge in [0.25, 0.3) is 5.56 Å². The minimum absolute atomic E-state index is 0.161. The number of carbonyl (C=O) groups excluding carboxylic acids is 1. The molecule has 0 saturated carbocycles. The molecule has 0 saturated heterocycles. The molecule has 0 radical (unpaired) electrons. The van der Waals surface area contributed by atoms with Crippen LogP contribution in [-0.2, 0) is 6.42 Å². The molecule has 6 heteroatoms. The van der Waals surface area contributed by atoms with Crippen molar-refractivity contribution in [2.75, 3.05) is 12.0 Å². The molecule has 146 valence electrons. The molecule has 2 N–H and O–H groups in total. The van der Waals surface area contributed by atoms with Crippen molar-refractivity contribution in [2.24, 2.45) is 0 Å². The lowest BCUT2D eigenvalue weighted by atomic mass is 9.98. The number of carbonyl (C=O) groups is 1. The summed E-state index contributed by atoms with van der Waals surface area (Å²) in [4.78, 5) is 36.9. The fourth-order valence-electron chi connectivity index (χ4n) is 3.45. The summed E-state index contributed by atoms with van der Waals surface area (Å²) in [7, 11) is 0. The Morgan fingerprint density at radius 3 is 2.38 bits per heavy atom. The zero-order valence-corrected chi connectivity index (χ0v) is 16.9. The molecular formula is C23H21N3O2S. The highest BCUT2D eigenvalue weighted by atomic mass is 32.2. The van der Waals surface area contributed by atoms with Crippen LogP contribution in [0.25, 0.3) is 22.2 Å². The van der Waals surface area contributed by atoms with Gasteiger partial charge in [-0.3, -0.25) is 9.59 Å². The van der Waals surface area contributed by atoms with Crippen molar-refractivity contribution in [1.29, 1.82) is 0 Å². The summed E-state index contributed by atoms with van der Waals surface area (Å²) < 4.78 is 0. The van der Waals surface area contributed by atoms with Crippen LogP contribution < -0.4 is 5.56 Å². The van der Waals surface area contributed by atoms with Crippen molar-refractivity contribution in [3.63, 3.8) is 0 Å². The molecule has 5 nitrogen and oxygen atoms in total. The smallest absolute Gasteiger partial charge is 0.261 e. The third kappa shape index (κ3) is 3.89. The first-order valence-corrected chi connectivity index (χ1v) is 10.9. The maximum Gasteiger partial charge on any atom is 0.261 e. The van der Waals surface area contributed by atoms with Crippen LogP contribution in [0.2, 0.25) is 0 Å². The molecule has 0 spiro atoms. The Morgan fingerprint density at radius 1 is 1.00 bits per heavy atom. The number of hydrogen-bond donors (Lipinski definition) is 2. The molecule has 0 bridgehead atoms. The van der Waals surface area contributed by atoms with Gasteiger partial charge in [0.1, 0.15) is 11.5 Å². The van der Waals surface area contributed by atoms with Crippen LogP contribution in [0, 0.1) is 0 Å². The van der Waals surface area contributed by atoms with E-state index in [1.54, 1.807) is 23.9 Å². The second-order valence-electron chi connectivity index (χ2n) is 6.77. The van der Waals surface area contributed by atoms with E-state index in [0.717, 1.165) is 17.7 Å². The molecule has 2 heterocycles. The number of aromatic nitrogens is 3. The summed E-state index contributed by atoms with van der Waals surface area (Å²) in [5, 5.41) is 0.420. The number of aryl methyl sites for hydroxylation is 1. The van der Waals surface area contributed by atoms with Gasteiger partial charge >= 0.3 is 0 Å². The van der Waals surface area contributed by atoms with E-state index in [1.165, 1.54) is 0 Å². The van der Waals surface area contributed by atoms with Crippen LogP contribution in [0.4, 0.5) is 0 Å². The van der Waals surface area contributed by atoms with Gasteiger partial charge in [-0.05, 0) is 24.0 Å². The number of ketones is 1. The lowest BCUT2D eigenvalue weighted by Crippen LogP contribution is -2.12. The van der Waals surface area contributed by atoms with Crippen LogP contribution in [0.3, 0.4) is 0 Å². The van der Waals surface area contributed by atoms with Crippen molar-refractivity contribution in [2.45, 2.75) is 12.8 Å². The molecule has 2 aromatic heterocycles. The number of thioether (sulfide) groups is 1. The number of rotatable bonds is 7. The highest BCUT2D eigenvalue weighted by Crippen LogP contribution is 2.31. The number of fused-ring (bicyclic) bond motifs is 1. The molecule has 29 heavy (non-hydrogen) atoms. The SMILES string of the molecule is CSCCCc1nc2[nH]c(C(=O)c3ccccc3)c(-c3ccccc3)c2c(=O)[nH]1. The Labute approximate surface area is 172 Å². The van der Waals surface area contributed by atoms with Gasteiger partial charge in [-0.25, -0.2) is 4.98 Å². The number of nitrogens with one attached hydrogen (secondary N) is 2. The van der Waals surface area contributed by atoms with Gasteiger partial charge in [-0.1, -0.05) is 60.7 Å². The third-order valence-corrected chi connectivity index (χ3v) is 5.50. The van der Waals surface area contributed by atoms with Gasteiger partial charge in [0.2, 0.25) is 5.78 Å². The largest absolute Gasteiger partial charge is 0.336 e. The quantitative estimate of drug-likeness (QED) is 0.353. The highest BCUT2D eigenvalue weighted by molar-refractivity contribution is 7.98. The molecule has 0 atom stereocenters. The highest BCUT2D eigenvalue weighted by Gasteiger charge is 2.23. The fourth-order valence-corrected chi connectivity index (χ4v) is 3.88. The van der Waals surface area contributed by atoms with E-state index in [0.29, 0.717) is 40.1 Å². The molecule has 0 amide bonds. The topological polar surface area (TPSA) is 78.6 Å². The van der Waals surface area contributed by atoms with Gasteiger partial charge in [0.15, 0.2) is 0 Å². The van der Waals surface area contributed by atoms with Crippen LogP contribution in [0.5, 0.6) is 0 Å². The summed E-state index contributed by atoms with van der Waals surface area (Å²) in [6.45, 7) is 0. The minimum Gasteiger partial charge on any atom is -0.336 e. The second-order valence-corrected chi connectivity index (χ2v) is 7.75. The molecule has 0 aliphatic heterocycles. The van der Waals surface area contributed by atoms with Crippen LogP contribution >= 0.6 is 11.8 Å². The Hall–Kier alpha value is -3.12. The molecule has 0 aliphatic rings. The molecule has 4 aromatic rings. The van der Waals surface area contributed by atoms with Crippen molar-refractivity contribution in [3.05, 3.63) is 88.1 Å². The van der Waals surface area contributed by atoms with Gasteiger partial charge < -0.3 is 9.97 Å². The van der Waals surface area contributed by atoms with Gasteiger partial charge in [-0.2, -0.15) is 11.8 Å². The van der Waals surface area contributed by atoms with Crippen molar-refractivity contribution >= 4 is 28.6 Å². The fraction of sp³-hybridized carbons (Fsp3) is 0.174. The van der Waals surface area contributed by atoms with Crippen LogP contribution in [0.15, 0.2) is 65.5 Å². The maximum absolute atomic E-state index is 13.2. The lowest BCUT2D eigenvalue weighted by molar-refractivity contribution is 0.103. The molecule has 2 aromatic carbocycles. The van der Waals surface area contributed by atoms with E-state index < -0.39 is 0 Å².